The summed E-state index contributed by atoms with van der Waals surface area (Å²) in [6.45, 7) is 1.88. The first-order valence-electron chi connectivity index (χ1n) is 7.08. The van der Waals surface area contributed by atoms with Crippen molar-refractivity contribution in [2.45, 2.75) is 17.2 Å². The standard InChI is InChI=1S/C16H16N4O2S/c1-10(14(21)11-4-6-12(22-3)7-5-11)23-16-13-8-19-20(2)15(13)17-9-18-16/h4-10H,1-3H3. The molecule has 0 radical (unpaired) electrons. The van der Waals surface area contributed by atoms with Crippen LogP contribution in [0.25, 0.3) is 11.0 Å². The van der Waals surface area contributed by atoms with E-state index in [1.54, 1.807) is 42.3 Å². The maximum absolute atomic E-state index is 12.6. The smallest absolute Gasteiger partial charge is 0.175 e. The Labute approximate surface area is 137 Å². The molecule has 1 atom stereocenters. The van der Waals surface area contributed by atoms with Gasteiger partial charge in [0.05, 0.1) is 23.9 Å². The van der Waals surface area contributed by atoms with Crippen molar-refractivity contribution in [2.75, 3.05) is 7.11 Å². The molecule has 1 unspecified atom stereocenters. The summed E-state index contributed by atoms with van der Waals surface area (Å²) in [6, 6.07) is 7.12. The van der Waals surface area contributed by atoms with Crippen LogP contribution in [-0.2, 0) is 7.05 Å². The van der Waals surface area contributed by atoms with Crippen molar-refractivity contribution in [1.82, 2.24) is 19.7 Å². The predicted octanol–water partition coefficient (Wildman–Crippen LogP) is 2.74. The Bertz CT molecular complexity index is 845. The van der Waals surface area contributed by atoms with Crippen molar-refractivity contribution >= 4 is 28.6 Å². The van der Waals surface area contributed by atoms with Crippen LogP contribution in [0, 0.1) is 0 Å². The van der Waals surface area contributed by atoms with Gasteiger partial charge in [0.25, 0.3) is 0 Å². The number of hydrogen-bond acceptors (Lipinski definition) is 6. The van der Waals surface area contributed by atoms with Crippen molar-refractivity contribution in [3.05, 3.63) is 42.4 Å². The van der Waals surface area contributed by atoms with Crippen LogP contribution in [0.5, 0.6) is 5.75 Å². The third-order valence-corrected chi connectivity index (χ3v) is 4.64. The van der Waals surface area contributed by atoms with Gasteiger partial charge in [-0.3, -0.25) is 9.48 Å². The number of carbonyl (C=O) groups is 1. The van der Waals surface area contributed by atoms with E-state index in [4.69, 9.17) is 4.74 Å². The zero-order valence-corrected chi connectivity index (χ0v) is 13.9. The SMILES string of the molecule is COc1ccc(C(=O)C(C)Sc2ncnc3c2cnn3C)cc1. The second-order valence-electron chi connectivity index (χ2n) is 5.04. The first-order chi connectivity index (χ1) is 11.1. The second-order valence-corrected chi connectivity index (χ2v) is 6.37. The first-order valence-corrected chi connectivity index (χ1v) is 7.95. The summed E-state index contributed by atoms with van der Waals surface area (Å²) >= 11 is 1.41. The minimum atomic E-state index is -0.262. The lowest BCUT2D eigenvalue weighted by Gasteiger charge is -2.10. The van der Waals surface area contributed by atoms with Gasteiger partial charge in [-0.05, 0) is 31.2 Å². The van der Waals surface area contributed by atoms with Gasteiger partial charge < -0.3 is 4.74 Å². The van der Waals surface area contributed by atoms with Crippen molar-refractivity contribution in [3.8, 4) is 5.75 Å². The molecule has 0 bridgehead atoms. The number of benzene rings is 1. The maximum Gasteiger partial charge on any atom is 0.175 e. The zero-order chi connectivity index (χ0) is 16.4. The van der Waals surface area contributed by atoms with Gasteiger partial charge in [-0.25, -0.2) is 9.97 Å². The Morgan fingerprint density at radius 3 is 2.70 bits per heavy atom. The maximum atomic E-state index is 12.6. The number of hydrogen-bond donors (Lipinski definition) is 0. The van der Waals surface area contributed by atoms with E-state index in [1.165, 1.54) is 18.1 Å². The lowest BCUT2D eigenvalue weighted by Crippen LogP contribution is -2.13. The minimum absolute atomic E-state index is 0.0494. The minimum Gasteiger partial charge on any atom is -0.497 e. The van der Waals surface area contributed by atoms with Crippen LogP contribution in [0.3, 0.4) is 0 Å². The predicted molar refractivity (Wildman–Crippen MR) is 88.9 cm³/mol. The quantitative estimate of drug-likeness (QED) is 0.407. The molecule has 23 heavy (non-hydrogen) atoms. The third kappa shape index (κ3) is 3.05. The number of fused-ring (bicyclic) bond motifs is 1. The highest BCUT2D eigenvalue weighted by Crippen LogP contribution is 2.29. The van der Waals surface area contributed by atoms with Crippen molar-refractivity contribution in [2.24, 2.45) is 7.05 Å². The molecule has 3 aromatic rings. The molecule has 118 valence electrons. The molecular formula is C16H16N4O2S. The fourth-order valence-electron chi connectivity index (χ4n) is 2.25. The van der Waals surface area contributed by atoms with E-state index in [1.807, 2.05) is 14.0 Å². The fourth-order valence-corrected chi connectivity index (χ4v) is 3.20. The Kier molecular flexibility index (Phi) is 4.29. The van der Waals surface area contributed by atoms with Gasteiger partial charge in [0.1, 0.15) is 17.1 Å². The second kappa shape index (κ2) is 6.37. The third-order valence-electron chi connectivity index (χ3n) is 3.53. The molecular weight excluding hydrogens is 312 g/mol. The number of ether oxygens (including phenoxy) is 1. The van der Waals surface area contributed by atoms with E-state index >= 15 is 0 Å². The van der Waals surface area contributed by atoms with E-state index in [9.17, 15) is 4.79 Å². The van der Waals surface area contributed by atoms with Crippen LogP contribution in [0.15, 0.2) is 41.8 Å². The number of carbonyl (C=O) groups excluding carboxylic acids is 1. The highest BCUT2D eigenvalue weighted by molar-refractivity contribution is 8.00. The Hall–Kier alpha value is -2.41. The molecule has 0 fully saturated rings. The molecule has 0 saturated heterocycles. The van der Waals surface area contributed by atoms with Crippen molar-refractivity contribution < 1.29 is 9.53 Å². The van der Waals surface area contributed by atoms with Crippen LogP contribution in [0.4, 0.5) is 0 Å². The Morgan fingerprint density at radius 2 is 2.00 bits per heavy atom. The summed E-state index contributed by atoms with van der Waals surface area (Å²) in [5.74, 6) is 0.781. The molecule has 0 spiro atoms. The molecule has 0 N–H and O–H groups in total. The van der Waals surface area contributed by atoms with Gasteiger partial charge in [0, 0.05) is 12.6 Å². The van der Waals surface area contributed by atoms with Gasteiger partial charge in [-0.1, -0.05) is 11.8 Å². The molecule has 0 amide bonds. The van der Waals surface area contributed by atoms with E-state index in [0.29, 0.717) is 5.56 Å². The molecule has 6 nitrogen and oxygen atoms in total. The molecule has 0 saturated carbocycles. The van der Waals surface area contributed by atoms with Crippen LogP contribution >= 0.6 is 11.8 Å². The van der Waals surface area contributed by atoms with Gasteiger partial charge in [-0.2, -0.15) is 5.10 Å². The monoisotopic (exact) mass is 328 g/mol. The fraction of sp³-hybridized carbons (Fsp3) is 0.250. The lowest BCUT2D eigenvalue weighted by molar-refractivity contribution is 0.0994. The number of methoxy groups -OCH3 is 1. The molecule has 7 heteroatoms. The summed E-state index contributed by atoms with van der Waals surface area (Å²) < 4.78 is 6.80. The molecule has 2 heterocycles. The number of ketones is 1. The topological polar surface area (TPSA) is 69.9 Å². The summed E-state index contributed by atoms with van der Waals surface area (Å²) in [5, 5.41) is 5.54. The van der Waals surface area contributed by atoms with Gasteiger partial charge >= 0.3 is 0 Å². The molecule has 0 aliphatic heterocycles. The normalized spacial score (nSPS) is 12.3. The lowest BCUT2D eigenvalue weighted by atomic mass is 10.1. The van der Waals surface area contributed by atoms with Gasteiger partial charge in [-0.15, -0.1) is 0 Å². The number of nitrogens with zero attached hydrogens (tertiary/aromatic N) is 4. The van der Waals surface area contributed by atoms with E-state index < -0.39 is 0 Å². The Morgan fingerprint density at radius 1 is 1.26 bits per heavy atom. The van der Waals surface area contributed by atoms with E-state index in [0.717, 1.165) is 21.8 Å². The number of aryl methyl sites for hydroxylation is 1. The number of thioether (sulfide) groups is 1. The summed E-state index contributed by atoms with van der Waals surface area (Å²) in [7, 11) is 3.43. The summed E-state index contributed by atoms with van der Waals surface area (Å²) in [4.78, 5) is 21.1. The molecule has 2 aromatic heterocycles. The van der Waals surface area contributed by atoms with E-state index in [2.05, 4.69) is 15.1 Å². The molecule has 1 aromatic carbocycles. The number of rotatable bonds is 5. The van der Waals surface area contributed by atoms with Crippen LogP contribution < -0.4 is 4.74 Å². The summed E-state index contributed by atoms with van der Waals surface area (Å²) in [6.07, 6.45) is 3.22. The van der Waals surface area contributed by atoms with Crippen LogP contribution in [0.2, 0.25) is 0 Å². The number of aromatic nitrogens is 4. The highest BCUT2D eigenvalue weighted by atomic mass is 32.2. The Balaban J connectivity index is 1.82. The molecule has 0 aliphatic rings. The van der Waals surface area contributed by atoms with Crippen LogP contribution in [0.1, 0.15) is 17.3 Å². The van der Waals surface area contributed by atoms with Crippen molar-refractivity contribution in [1.29, 1.82) is 0 Å². The highest BCUT2D eigenvalue weighted by Gasteiger charge is 2.19. The molecule has 0 aliphatic carbocycles. The van der Waals surface area contributed by atoms with Gasteiger partial charge in [0.15, 0.2) is 11.4 Å². The average Bonchev–Trinajstić information content (AvgIpc) is 2.97. The average molecular weight is 328 g/mol. The van der Waals surface area contributed by atoms with Gasteiger partial charge in [0.2, 0.25) is 0 Å². The van der Waals surface area contributed by atoms with E-state index in [-0.39, 0.29) is 11.0 Å². The zero-order valence-electron chi connectivity index (χ0n) is 13.1. The van der Waals surface area contributed by atoms with Crippen molar-refractivity contribution in [3.63, 3.8) is 0 Å². The molecule has 3 rings (SSSR count). The summed E-state index contributed by atoms with van der Waals surface area (Å²) in [5.41, 5.74) is 1.41. The first kappa shape index (κ1) is 15.5. The van der Waals surface area contributed by atoms with Crippen LogP contribution in [-0.4, -0.2) is 37.9 Å². The largest absolute Gasteiger partial charge is 0.497 e. The number of Topliss-reactive ketones (excluding diaryl/α,β-unsaturated/α-hetero) is 1.